The average Bonchev–Trinajstić information content (AvgIpc) is 3.08. The monoisotopic (exact) mass is 329 g/mol. The Bertz CT molecular complexity index is 904. The SMILES string of the molecule is O=C(NCCCn1ccnc1)Nc1c[nH]c2ccc(F)cc2c1=O. The van der Waals surface area contributed by atoms with E-state index >= 15 is 0 Å². The van der Waals surface area contributed by atoms with Crippen LogP contribution in [0.5, 0.6) is 0 Å². The first-order chi connectivity index (χ1) is 11.6. The van der Waals surface area contributed by atoms with Gasteiger partial charge in [-0.3, -0.25) is 4.79 Å². The van der Waals surface area contributed by atoms with E-state index in [2.05, 4.69) is 20.6 Å². The van der Waals surface area contributed by atoms with Gasteiger partial charge in [0.2, 0.25) is 5.43 Å². The van der Waals surface area contributed by atoms with Crippen molar-refractivity contribution in [1.29, 1.82) is 0 Å². The number of aromatic nitrogens is 3. The highest BCUT2D eigenvalue weighted by Gasteiger charge is 2.09. The van der Waals surface area contributed by atoms with Gasteiger partial charge in [-0.05, 0) is 24.6 Å². The molecule has 0 aliphatic carbocycles. The number of benzene rings is 1. The number of anilines is 1. The van der Waals surface area contributed by atoms with Gasteiger partial charge in [0.1, 0.15) is 11.5 Å². The summed E-state index contributed by atoms with van der Waals surface area (Å²) in [6.45, 7) is 1.18. The summed E-state index contributed by atoms with van der Waals surface area (Å²) in [5.41, 5.74) is 0.143. The van der Waals surface area contributed by atoms with Gasteiger partial charge < -0.3 is 20.2 Å². The highest BCUT2D eigenvalue weighted by Crippen LogP contribution is 2.11. The summed E-state index contributed by atoms with van der Waals surface area (Å²) in [4.78, 5) is 30.9. The summed E-state index contributed by atoms with van der Waals surface area (Å²) in [5.74, 6) is -0.505. The van der Waals surface area contributed by atoms with Crippen molar-refractivity contribution in [2.45, 2.75) is 13.0 Å². The van der Waals surface area contributed by atoms with Gasteiger partial charge >= 0.3 is 6.03 Å². The maximum Gasteiger partial charge on any atom is 0.319 e. The van der Waals surface area contributed by atoms with Crippen molar-refractivity contribution in [2.24, 2.45) is 0 Å². The molecule has 0 radical (unpaired) electrons. The lowest BCUT2D eigenvalue weighted by Crippen LogP contribution is -2.31. The number of urea groups is 1. The lowest BCUT2D eigenvalue weighted by Gasteiger charge is -2.08. The van der Waals surface area contributed by atoms with E-state index in [1.807, 2.05) is 10.8 Å². The van der Waals surface area contributed by atoms with Crippen molar-refractivity contribution in [3.63, 3.8) is 0 Å². The van der Waals surface area contributed by atoms with Gasteiger partial charge in [0.15, 0.2) is 0 Å². The van der Waals surface area contributed by atoms with Crippen LogP contribution in [0.2, 0.25) is 0 Å². The van der Waals surface area contributed by atoms with Crippen LogP contribution in [0.25, 0.3) is 10.9 Å². The highest BCUT2D eigenvalue weighted by molar-refractivity contribution is 5.91. The molecule has 0 unspecified atom stereocenters. The van der Waals surface area contributed by atoms with E-state index in [9.17, 15) is 14.0 Å². The predicted octanol–water partition coefficient (Wildman–Crippen LogP) is 2.08. The van der Waals surface area contributed by atoms with Crippen molar-refractivity contribution >= 4 is 22.6 Å². The second-order valence-electron chi connectivity index (χ2n) is 5.26. The lowest BCUT2D eigenvalue weighted by atomic mass is 10.2. The molecule has 0 atom stereocenters. The number of halogens is 1. The molecule has 0 aliphatic heterocycles. The fraction of sp³-hybridized carbons (Fsp3) is 0.188. The van der Waals surface area contributed by atoms with E-state index in [0.717, 1.165) is 19.0 Å². The van der Waals surface area contributed by atoms with Crippen LogP contribution < -0.4 is 16.1 Å². The van der Waals surface area contributed by atoms with E-state index in [-0.39, 0.29) is 11.1 Å². The number of fused-ring (bicyclic) bond motifs is 1. The highest BCUT2D eigenvalue weighted by atomic mass is 19.1. The Morgan fingerprint density at radius 3 is 3.04 bits per heavy atom. The molecule has 0 spiro atoms. The minimum atomic E-state index is -0.505. The fourth-order valence-corrected chi connectivity index (χ4v) is 2.33. The van der Waals surface area contributed by atoms with Crippen LogP contribution in [0, 0.1) is 5.82 Å². The van der Waals surface area contributed by atoms with Gasteiger partial charge in [-0.25, -0.2) is 14.2 Å². The molecule has 7 nitrogen and oxygen atoms in total. The molecular formula is C16H16FN5O2. The number of carbonyl (C=O) groups is 1. The number of nitrogens with zero attached hydrogens (tertiary/aromatic N) is 2. The maximum atomic E-state index is 13.3. The molecular weight excluding hydrogens is 313 g/mol. The number of hydrogen-bond acceptors (Lipinski definition) is 3. The lowest BCUT2D eigenvalue weighted by molar-refractivity contribution is 0.252. The van der Waals surface area contributed by atoms with Crippen molar-refractivity contribution in [1.82, 2.24) is 19.9 Å². The Morgan fingerprint density at radius 2 is 2.25 bits per heavy atom. The second-order valence-corrected chi connectivity index (χ2v) is 5.26. The van der Waals surface area contributed by atoms with Gasteiger partial charge in [-0.2, -0.15) is 0 Å². The van der Waals surface area contributed by atoms with Crippen molar-refractivity contribution in [2.75, 3.05) is 11.9 Å². The van der Waals surface area contributed by atoms with Crippen molar-refractivity contribution < 1.29 is 9.18 Å². The van der Waals surface area contributed by atoms with Crippen LogP contribution >= 0.6 is 0 Å². The van der Waals surface area contributed by atoms with Crippen LogP contribution in [0.15, 0.2) is 47.9 Å². The number of aryl methyl sites for hydroxylation is 1. The molecule has 3 aromatic rings. The van der Waals surface area contributed by atoms with E-state index in [1.54, 1.807) is 12.5 Å². The summed E-state index contributed by atoms with van der Waals surface area (Å²) in [6.07, 6.45) is 7.35. The Balaban J connectivity index is 1.59. The minimum Gasteiger partial charge on any atom is -0.359 e. The molecule has 0 aliphatic rings. The van der Waals surface area contributed by atoms with E-state index < -0.39 is 17.3 Å². The molecule has 0 fully saturated rings. The molecule has 24 heavy (non-hydrogen) atoms. The second kappa shape index (κ2) is 6.95. The third kappa shape index (κ3) is 3.60. The van der Waals surface area contributed by atoms with Crippen LogP contribution in [0.3, 0.4) is 0 Å². The number of carbonyl (C=O) groups excluding carboxylic acids is 1. The van der Waals surface area contributed by atoms with Crippen LogP contribution in [0.4, 0.5) is 14.9 Å². The smallest absolute Gasteiger partial charge is 0.319 e. The molecule has 2 amide bonds. The Hall–Kier alpha value is -3.16. The molecule has 2 aromatic heterocycles. The first-order valence-corrected chi connectivity index (χ1v) is 7.45. The van der Waals surface area contributed by atoms with Crippen molar-refractivity contribution in [3.05, 3.63) is 59.2 Å². The number of imidazole rings is 1. The summed E-state index contributed by atoms with van der Waals surface area (Å²) < 4.78 is 15.2. The zero-order valence-corrected chi connectivity index (χ0v) is 12.8. The first-order valence-electron chi connectivity index (χ1n) is 7.45. The van der Waals surface area contributed by atoms with E-state index in [1.165, 1.54) is 18.3 Å². The fourth-order valence-electron chi connectivity index (χ4n) is 2.33. The van der Waals surface area contributed by atoms with Crippen LogP contribution in [0.1, 0.15) is 6.42 Å². The van der Waals surface area contributed by atoms with Gasteiger partial charge in [-0.1, -0.05) is 0 Å². The molecule has 1 aromatic carbocycles. The number of amides is 2. The van der Waals surface area contributed by atoms with Crippen LogP contribution in [-0.2, 0) is 6.54 Å². The van der Waals surface area contributed by atoms with Crippen LogP contribution in [-0.4, -0.2) is 27.1 Å². The molecule has 0 saturated heterocycles. The predicted molar refractivity (Wildman–Crippen MR) is 88.4 cm³/mol. The minimum absolute atomic E-state index is 0.0696. The van der Waals surface area contributed by atoms with E-state index in [4.69, 9.17) is 0 Å². The van der Waals surface area contributed by atoms with Gasteiger partial charge in [0.25, 0.3) is 0 Å². The Morgan fingerprint density at radius 1 is 1.38 bits per heavy atom. The molecule has 124 valence electrons. The maximum absolute atomic E-state index is 13.3. The van der Waals surface area contributed by atoms with E-state index in [0.29, 0.717) is 12.1 Å². The number of rotatable bonds is 5. The largest absolute Gasteiger partial charge is 0.359 e. The zero-order chi connectivity index (χ0) is 16.9. The molecule has 8 heteroatoms. The topological polar surface area (TPSA) is 91.8 Å². The quantitative estimate of drug-likeness (QED) is 0.626. The van der Waals surface area contributed by atoms with Gasteiger partial charge in [0.05, 0.1) is 11.7 Å². The van der Waals surface area contributed by atoms with Gasteiger partial charge in [0, 0.05) is 37.2 Å². The third-order valence-corrected chi connectivity index (χ3v) is 3.53. The van der Waals surface area contributed by atoms with Gasteiger partial charge in [-0.15, -0.1) is 0 Å². The zero-order valence-electron chi connectivity index (χ0n) is 12.8. The molecule has 3 N–H and O–H groups in total. The Labute approximate surface area is 136 Å². The standard InChI is InChI=1S/C16H16FN5O2/c17-11-2-3-13-12(8-11)15(23)14(9-20-13)21-16(24)19-4-1-6-22-7-5-18-10-22/h2-3,5,7-10H,1,4,6H2,(H,20,23)(H2,19,21,24). The number of aromatic amines is 1. The number of pyridine rings is 1. The Kier molecular flexibility index (Phi) is 4.55. The normalized spacial score (nSPS) is 10.7. The summed E-state index contributed by atoms with van der Waals surface area (Å²) in [7, 11) is 0. The summed E-state index contributed by atoms with van der Waals surface area (Å²) in [5, 5.41) is 5.34. The number of H-pyrrole nitrogens is 1. The summed E-state index contributed by atoms with van der Waals surface area (Å²) in [6, 6.07) is 3.40. The molecule has 0 saturated carbocycles. The average molecular weight is 329 g/mol. The third-order valence-electron chi connectivity index (χ3n) is 3.53. The summed E-state index contributed by atoms with van der Waals surface area (Å²) >= 11 is 0. The van der Waals surface area contributed by atoms with Crippen molar-refractivity contribution in [3.8, 4) is 0 Å². The first kappa shape index (κ1) is 15.7. The molecule has 0 bridgehead atoms. The molecule has 3 rings (SSSR count). The number of nitrogens with one attached hydrogen (secondary N) is 3. The molecule has 2 heterocycles. The number of hydrogen-bond donors (Lipinski definition) is 3.